The van der Waals surface area contributed by atoms with Crippen molar-refractivity contribution in [3.8, 4) is 11.5 Å². The van der Waals surface area contributed by atoms with E-state index in [0.29, 0.717) is 0 Å². The molecule has 0 bridgehead atoms. The molecule has 0 radical (unpaired) electrons. The van der Waals surface area contributed by atoms with Gasteiger partial charge in [0.2, 0.25) is 0 Å². The van der Waals surface area contributed by atoms with Gasteiger partial charge >= 0.3 is 0 Å². The molecule has 0 aliphatic rings. The van der Waals surface area contributed by atoms with Crippen molar-refractivity contribution in [1.29, 1.82) is 0 Å². The zero-order valence-electron chi connectivity index (χ0n) is 10.5. The van der Waals surface area contributed by atoms with E-state index in [-0.39, 0.29) is 28.9 Å². The van der Waals surface area contributed by atoms with Crippen LogP contribution in [0.15, 0.2) is 46.6 Å². The van der Waals surface area contributed by atoms with Crippen LogP contribution in [0.3, 0.4) is 0 Å². The molecular weight excluding hydrogens is 278 g/mol. The molecule has 0 unspecified atom stereocenters. The average Bonchev–Trinajstić information content (AvgIpc) is 2.47. The van der Waals surface area contributed by atoms with Crippen molar-refractivity contribution in [3.05, 3.63) is 52.1 Å². The van der Waals surface area contributed by atoms with Crippen molar-refractivity contribution < 1.29 is 19.9 Å². The van der Waals surface area contributed by atoms with Gasteiger partial charge in [-0.05, 0) is 18.2 Å². The van der Waals surface area contributed by atoms with E-state index >= 15 is 0 Å². The van der Waals surface area contributed by atoms with Gasteiger partial charge in [-0.2, -0.15) is 0 Å². The Balaban J connectivity index is 2.44. The highest BCUT2D eigenvalue weighted by Gasteiger charge is 2.14. The van der Waals surface area contributed by atoms with E-state index in [0.717, 1.165) is 6.07 Å². The van der Waals surface area contributed by atoms with Crippen LogP contribution >= 0.6 is 0 Å². The highest BCUT2D eigenvalue weighted by atomic mass is 16.6. The lowest BCUT2D eigenvalue weighted by Gasteiger charge is -2.02. The van der Waals surface area contributed by atoms with E-state index in [1.165, 1.54) is 24.3 Å². The summed E-state index contributed by atoms with van der Waals surface area (Å²) in [4.78, 5) is 20.9. The Bertz CT molecular complexity index is 743. The molecule has 21 heavy (non-hydrogen) atoms. The van der Waals surface area contributed by atoms with Gasteiger partial charge in [0.15, 0.2) is 17.7 Å². The number of phenols is 2. The van der Waals surface area contributed by atoms with Gasteiger partial charge in [0.1, 0.15) is 17.0 Å². The van der Waals surface area contributed by atoms with Crippen LogP contribution in [0, 0.1) is 10.1 Å². The van der Waals surface area contributed by atoms with Gasteiger partial charge in [-0.15, -0.1) is 10.2 Å². The molecule has 8 heteroatoms. The van der Waals surface area contributed by atoms with E-state index in [2.05, 4.69) is 10.2 Å². The molecular formula is C13H9N3O5. The molecule has 0 saturated heterocycles. The monoisotopic (exact) mass is 287 g/mol. The molecule has 2 rings (SSSR count). The van der Waals surface area contributed by atoms with Crippen LogP contribution < -0.4 is 0 Å². The first-order valence-corrected chi connectivity index (χ1v) is 5.70. The van der Waals surface area contributed by atoms with Crippen molar-refractivity contribution in [1.82, 2.24) is 0 Å². The number of carbonyl (C=O) groups is 1. The third-order valence-electron chi connectivity index (χ3n) is 2.63. The van der Waals surface area contributed by atoms with Crippen LogP contribution in [0.5, 0.6) is 11.5 Å². The third kappa shape index (κ3) is 2.84. The minimum atomic E-state index is -0.609. The quantitative estimate of drug-likeness (QED) is 0.386. The number of rotatable bonds is 4. The Labute approximate surface area is 118 Å². The number of carbonyl (C=O) groups excluding carboxylic acids is 1. The molecule has 8 nitrogen and oxygen atoms in total. The Morgan fingerprint density at radius 1 is 1.05 bits per heavy atom. The van der Waals surface area contributed by atoms with Gasteiger partial charge in [-0.3, -0.25) is 14.9 Å². The first-order valence-electron chi connectivity index (χ1n) is 5.70. The van der Waals surface area contributed by atoms with Gasteiger partial charge in [-0.25, -0.2) is 0 Å². The molecule has 0 heterocycles. The summed E-state index contributed by atoms with van der Waals surface area (Å²) >= 11 is 0. The van der Waals surface area contributed by atoms with Crippen LogP contribution in [0.2, 0.25) is 0 Å². The van der Waals surface area contributed by atoms with Crippen LogP contribution in [0.4, 0.5) is 17.1 Å². The molecule has 2 aromatic carbocycles. The maximum Gasteiger partial charge on any atom is 0.296 e. The van der Waals surface area contributed by atoms with Crippen LogP contribution in [0.1, 0.15) is 10.4 Å². The SMILES string of the molecule is O=Cc1c(O)ccc(N=Nc2ccccc2[N+](=O)[O-])c1O. The van der Waals surface area contributed by atoms with Gasteiger partial charge in [0.05, 0.1) is 4.92 Å². The Morgan fingerprint density at radius 2 is 1.71 bits per heavy atom. The lowest BCUT2D eigenvalue weighted by Crippen LogP contribution is -1.87. The normalized spacial score (nSPS) is 10.7. The molecule has 0 atom stereocenters. The number of azo groups is 1. The molecule has 2 aromatic rings. The maximum atomic E-state index is 10.8. The number of aromatic hydroxyl groups is 2. The lowest BCUT2D eigenvalue weighted by molar-refractivity contribution is -0.384. The number of nitrogens with zero attached hydrogens (tertiary/aromatic N) is 3. The highest BCUT2D eigenvalue weighted by molar-refractivity contribution is 5.86. The van der Waals surface area contributed by atoms with Crippen LogP contribution in [0.25, 0.3) is 0 Å². The fraction of sp³-hybridized carbons (Fsp3) is 0. The number of para-hydroxylation sites is 1. The second kappa shape index (κ2) is 5.78. The number of hydrogen-bond acceptors (Lipinski definition) is 7. The van der Waals surface area contributed by atoms with Gasteiger partial charge < -0.3 is 10.2 Å². The number of benzene rings is 2. The van der Waals surface area contributed by atoms with Crippen molar-refractivity contribution in [2.45, 2.75) is 0 Å². The van der Waals surface area contributed by atoms with E-state index in [1.54, 1.807) is 6.07 Å². The highest BCUT2D eigenvalue weighted by Crippen LogP contribution is 2.36. The summed E-state index contributed by atoms with van der Waals surface area (Å²) in [6, 6.07) is 8.09. The number of hydrogen-bond donors (Lipinski definition) is 2. The van der Waals surface area contributed by atoms with E-state index in [4.69, 9.17) is 0 Å². The Morgan fingerprint density at radius 3 is 2.38 bits per heavy atom. The topological polar surface area (TPSA) is 125 Å². The molecule has 0 aliphatic heterocycles. The Hall–Kier alpha value is -3.29. The van der Waals surface area contributed by atoms with Crippen molar-refractivity contribution in [2.75, 3.05) is 0 Å². The summed E-state index contributed by atoms with van der Waals surface area (Å²) in [6.07, 6.45) is 0.272. The van der Waals surface area contributed by atoms with Gasteiger partial charge in [-0.1, -0.05) is 12.1 Å². The summed E-state index contributed by atoms with van der Waals surface area (Å²) < 4.78 is 0. The largest absolute Gasteiger partial charge is 0.507 e. The smallest absolute Gasteiger partial charge is 0.296 e. The number of nitro groups is 1. The average molecular weight is 287 g/mol. The molecule has 0 aliphatic carbocycles. The van der Waals surface area contributed by atoms with Gasteiger partial charge in [0, 0.05) is 6.07 Å². The second-order valence-corrected chi connectivity index (χ2v) is 3.93. The molecule has 0 amide bonds. The first-order chi connectivity index (χ1) is 10.0. The standard InChI is InChI=1S/C13H9N3O5/c17-7-8-12(18)6-5-10(13(8)19)15-14-9-3-1-2-4-11(9)16(20)21/h1-7,18-19H. The summed E-state index contributed by atoms with van der Waals surface area (Å²) in [6.45, 7) is 0. The van der Waals surface area contributed by atoms with Crippen molar-refractivity contribution >= 4 is 23.3 Å². The fourth-order valence-corrected chi connectivity index (χ4v) is 1.59. The molecule has 0 saturated carbocycles. The summed E-state index contributed by atoms with van der Waals surface area (Å²) in [5, 5.41) is 37.3. The fourth-order valence-electron chi connectivity index (χ4n) is 1.59. The third-order valence-corrected chi connectivity index (χ3v) is 2.63. The number of nitro benzene ring substituents is 1. The Kier molecular flexibility index (Phi) is 3.89. The molecule has 0 spiro atoms. The first kappa shape index (κ1) is 14.1. The predicted molar refractivity (Wildman–Crippen MR) is 72.4 cm³/mol. The van der Waals surface area contributed by atoms with Crippen molar-refractivity contribution in [2.24, 2.45) is 10.2 Å². The zero-order valence-corrected chi connectivity index (χ0v) is 10.5. The summed E-state index contributed by atoms with van der Waals surface area (Å²) in [7, 11) is 0. The molecule has 0 fully saturated rings. The minimum Gasteiger partial charge on any atom is -0.507 e. The predicted octanol–water partition coefficient (Wildman–Crippen LogP) is 3.23. The van der Waals surface area contributed by atoms with E-state index in [1.807, 2.05) is 0 Å². The van der Waals surface area contributed by atoms with E-state index in [9.17, 15) is 25.1 Å². The molecule has 0 aromatic heterocycles. The number of phenolic OH excluding ortho intramolecular Hbond substituents is 2. The second-order valence-electron chi connectivity index (χ2n) is 3.93. The summed E-state index contributed by atoms with van der Waals surface area (Å²) in [5.74, 6) is -0.945. The molecule has 106 valence electrons. The van der Waals surface area contributed by atoms with Crippen molar-refractivity contribution in [3.63, 3.8) is 0 Å². The van der Waals surface area contributed by atoms with Crippen LogP contribution in [-0.2, 0) is 0 Å². The number of aldehydes is 1. The van der Waals surface area contributed by atoms with Crippen LogP contribution in [-0.4, -0.2) is 21.4 Å². The van der Waals surface area contributed by atoms with Gasteiger partial charge in [0.25, 0.3) is 5.69 Å². The summed E-state index contributed by atoms with van der Waals surface area (Å²) in [5.41, 5.74) is -0.653. The lowest BCUT2D eigenvalue weighted by atomic mass is 10.1. The van der Waals surface area contributed by atoms with E-state index < -0.39 is 16.4 Å². The zero-order chi connectivity index (χ0) is 15.4. The maximum absolute atomic E-state index is 10.8. The molecule has 2 N–H and O–H groups in total. The minimum absolute atomic E-state index is 0.00243.